The maximum absolute atomic E-state index is 13.7. The van der Waals surface area contributed by atoms with Crippen LogP contribution in [0.4, 0.5) is 4.39 Å². The molecule has 2 heterocycles. The first-order valence-electron chi connectivity index (χ1n) is 5.76. The monoisotopic (exact) mass is 214 g/mol. The molecule has 2 saturated heterocycles. The van der Waals surface area contributed by atoms with Gasteiger partial charge in [0, 0.05) is 19.6 Å². The number of alkyl halides is 1. The Bertz CT molecular complexity index is 251. The van der Waals surface area contributed by atoms with Crippen LogP contribution in [0, 0.1) is 0 Å². The van der Waals surface area contributed by atoms with Crippen molar-refractivity contribution in [1.29, 1.82) is 0 Å². The summed E-state index contributed by atoms with van der Waals surface area (Å²) < 4.78 is 13.7. The van der Waals surface area contributed by atoms with Crippen LogP contribution in [0.5, 0.6) is 0 Å². The van der Waals surface area contributed by atoms with Gasteiger partial charge in [0.25, 0.3) is 0 Å². The van der Waals surface area contributed by atoms with Crippen LogP contribution in [0.25, 0.3) is 0 Å². The second-order valence-electron chi connectivity index (χ2n) is 4.96. The molecule has 1 unspecified atom stereocenters. The van der Waals surface area contributed by atoms with Crippen molar-refractivity contribution in [1.82, 2.24) is 9.80 Å². The smallest absolute Gasteiger partial charge is 0.236 e. The number of rotatable bonds is 2. The van der Waals surface area contributed by atoms with Gasteiger partial charge in [0.1, 0.15) is 5.67 Å². The number of amides is 1. The summed E-state index contributed by atoms with van der Waals surface area (Å²) >= 11 is 0. The lowest BCUT2D eigenvalue weighted by molar-refractivity contribution is -0.136. The van der Waals surface area contributed by atoms with Crippen molar-refractivity contribution in [3.63, 3.8) is 0 Å². The number of piperidine rings is 1. The number of halogens is 1. The molecule has 2 aliphatic heterocycles. The van der Waals surface area contributed by atoms with Crippen molar-refractivity contribution in [3.05, 3.63) is 0 Å². The molecule has 0 aromatic rings. The first kappa shape index (κ1) is 10.9. The summed E-state index contributed by atoms with van der Waals surface area (Å²) in [6, 6.07) is 0. The highest BCUT2D eigenvalue weighted by atomic mass is 19.1. The summed E-state index contributed by atoms with van der Waals surface area (Å²) in [7, 11) is 0. The molecule has 0 radical (unpaired) electrons. The van der Waals surface area contributed by atoms with E-state index < -0.39 is 5.67 Å². The normalized spacial score (nSPS) is 32.5. The van der Waals surface area contributed by atoms with Crippen LogP contribution in [0.1, 0.15) is 26.2 Å². The molecule has 2 rings (SSSR count). The van der Waals surface area contributed by atoms with Crippen molar-refractivity contribution < 1.29 is 9.18 Å². The fourth-order valence-corrected chi connectivity index (χ4v) is 2.29. The Morgan fingerprint density at radius 3 is 2.60 bits per heavy atom. The van der Waals surface area contributed by atoms with Gasteiger partial charge >= 0.3 is 0 Å². The lowest BCUT2D eigenvalue weighted by Gasteiger charge is -2.37. The molecule has 2 aliphatic rings. The molecule has 0 bridgehead atoms. The third-order valence-corrected chi connectivity index (χ3v) is 3.29. The Morgan fingerprint density at radius 1 is 1.33 bits per heavy atom. The third kappa shape index (κ3) is 2.68. The highest BCUT2D eigenvalue weighted by molar-refractivity contribution is 5.78. The topological polar surface area (TPSA) is 23.6 Å². The summed E-state index contributed by atoms with van der Waals surface area (Å²) in [6.07, 6.45) is 2.61. The van der Waals surface area contributed by atoms with Gasteiger partial charge in [-0.2, -0.15) is 0 Å². The Kier molecular flexibility index (Phi) is 2.96. The number of likely N-dealkylation sites (tertiary alicyclic amines) is 2. The average molecular weight is 214 g/mol. The lowest BCUT2D eigenvalue weighted by Crippen LogP contribution is -2.51. The Hall–Kier alpha value is -0.640. The summed E-state index contributed by atoms with van der Waals surface area (Å²) in [5.41, 5.74) is -1.10. The summed E-state index contributed by atoms with van der Waals surface area (Å²) in [4.78, 5) is 15.5. The first-order valence-corrected chi connectivity index (χ1v) is 5.76. The molecule has 0 N–H and O–H groups in total. The van der Waals surface area contributed by atoms with Gasteiger partial charge in [0.2, 0.25) is 5.91 Å². The standard InChI is InChI=1S/C11H19FN2O/c1-11(12)4-2-5-13(9-11)8-10(15)14-6-3-7-14/h2-9H2,1H3. The van der Waals surface area contributed by atoms with Gasteiger partial charge in [-0.1, -0.05) is 0 Å². The Labute approximate surface area is 90.2 Å². The van der Waals surface area contributed by atoms with E-state index in [2.05, 4.69) is 0 Å². The number of hydrogen-bond donors (Lipinski definition) is 0. The molecule has 0 aliphatic carbocycles. The maximum Gasteiger partial charge on any atom is 0.236 e. The minimum absolute atomic E-state index is 0.166. The minimum Gasteiger partial charge on any atom is -0.341 e. The fourth-order valence-electron chi connectivity index (χ4n) is 2.29. The average Bonchev–Trinajstić information content (AvgIpc) is 1.97. The van der Waals surface area contributed by atoms with E-state index in [-0.39, 0.29) is 5.91 Å². The van der Waals surface area contributed by atoms with Crippen LogP contribution in [-0.4, -0.2) is 54.1 Å². The van der Waals surface area contributed by atoms with Gasteiger partial charge in [0.05, 0.1) is 6.54 Å². The van der Waals surface area contributed by atoms with Crippen LogP contribution in [0.2, 0.25) is 0 Å². The van der Waals surface area contributed by atoms with Crippen LogP contribution >= 0.6 is 0 Å². The van der Waals surface area contributed by atoms with E-state index >= 15 is 0 Å². The van der Waals surface area contributed by atoms with Crippen LogP contribution < -0.4 is 0 Å². The molecule has 15 heavy (non-hydrogen) atoms. The van der Waals surface area contributed by atoms with Crippen molar-refractivity contribution in [3.8, 4) is 0 Å². The molecular formula is C11H19FN2O. The van der Waals surface area contributed by atoms with Crippen LogP contribution in [0.3, 0.4) is 0 Å². The van der Waals surface area contributed by atoms with Gasteiger partial charge in [-0.3, -0.25) is 9.69 Å². The van der Waals surface area contributed by atoms with Gasteiger partial charge in [-0.25, -0.2) is 4.39 Å². The molecule has 0 spiro atoms. The fraction of sp³-hybridized carbons (Fsp3) is 0.909. The van der Waals surface area contributed by atoms with E-state index in [0.29, 0.717) is 19.5 Å². The highest BCUT2D eigenvalue weighted by Crippen LogP contribution is 2.24. The molecule has 0 aromatic carbocycles. The van der Waals surface area contributed by atoms with Gasteiger partial charge < -0.3 is 4.90 Å². The molecule has 4 heteroatoms. The molecule has 0 aromatic heterocycles. The predicted octanol–water partition coefficient (Wildman–Crippen LogP) is 1.04. The lowest BCUT2D eigenvalue weighted by atomic mass is 9.97. The van der Waals surface area contributed by atoms with Crippen molar-refractivity contribution >= 4 is 5.91 Å². The van der Waals surface area contributed by atoms with E-state index in [1.165, 1.54) is 0 Å². The zero-order chi connectivity index (χ0) is 10.9. The third-order valence-electron chi connectivity index (χ3n) is 3.29. The number of carbonyl (C=O) groups is 1. The maximum atomic E-state index is 13.7. The molecule has 3 nitrogen and oxygen atoms in total. The summed E-state index contributed by atoms with van der Waals surface area (Å²) in [5, 5.41) is 0. The minimum atomic E-state index is -1.10. The molecule has 0 saturated carbocycles. The van der Waals surface area contributed by atoms with Crippen LogP contribution in [0.15, 0.2) is 0 Å². The van der Waals surface area contributed by atoms with E-state index in [1.807, 2.05) is 9.80 Å². The number of nitrogens with zero attached hydrogens (tertiary/aromatic N) is 2. The highest BCUT2D eigenvalue weighted by Gasteiger charge is 2.32. The number of hydrogen-bond acceptors (Lipinski definition) is 2. The molecular weight excluding hydrogens is 195 g/mol. The van der Waals surface area contributed by atoms with Crippen LogP contribution in [-0.2, 0) is 4.79 Å². The quantitative estimate of drug-likeness (QED) is 0.686. The molecule has 1 atom stereocenters. The van der Waals surface area contributed by atoms with E-state index in [0.717, 1.165) is 32.5 Å². The van der Waals surface area contributed by atoms with Crippen molar-refractivity contribution in [2.75, 3.05) is 32.7 Å². The largest absolute Gasteiger partial charge is 0.341 e. The van der Waals surface area contributed by atoms with E-state index in [9.17, 15) is 9.18 Å². The zero-order valence-electron chi connectivity index (χ0n) is 9.34. The van der Waals surface area contributed by atoms with Crippen molar-refractivity contribution in [2.24, 2.45) is 0 Å². The second-order valence-corrected chi connectivity index (χ2v) is 4.96. The summed E-state index contributed by atoms with van der Waals surface area (Å²) in [6.45, 7) is 5.08. The molecule has 86 valence electrons. The SMILES string of the molecule is CC1(F)CCCN(CC(=O)N2CCC2)C1. The van der Waals surface area contributed by atoms with Gasteiger partial charge in [0.15, 0.2) is 0 Å². The van der Waals surface area contributed by atoms with E-state index in [4.69, 9.17) is 0 Å². The van der Waals surface area contributed by atoms with E-state index in [1.54, 1.807) is 6.92 Å². The Morgan fingerprint density at radius 2 is 2.07 bits per heavy atom. The Balaban J connectivity index is 1.80. The molecule has 2 fully saturated rings. The zero-order valence-corrected chi connectivity index (χ0v) is 9.34. The predicted molar refractivity (Wildman–Crippen MR) is 56.4 cm³/mol. The number of carbonyl (C=O) groups excluding carboxylic acids is 1. The second kappa shape index (κ2) is 4.08. The van der Waals surface area contributed by atoms with Gasteiger partial charge in [-0.05, 0) is 32.7 Å². The van der Waals surface area contributed by atoms with Crippen molar-refractivity contribution in [2.45, 2.75) is 31.9 Å². The molecule has 1 amide bonds. The summed E-state index contributed by atoms with van der Waals surface area (Å²) in [5.74, 6) is 0.166. The first-order chi connectivity index (χ1) is 7.07. The van der Waals surface area contributed by atoms with Gasteiger partial charge in [-0.15, -0.1) is 0 Å².